The van der Waals surface area contributed by atoms with Crippen LogP contribution in [0.25, 0.3) is 0 Å². The van der Waals surface area contributed by atoms with Crippen molar-refractivity contribution in [3.8, 4) is 0 Å². The van der Waals surface area contributed by atoms with Crippen molar-refractivity contribution in [2.24, 2.45) is 0 Å². The number of likely N-dealkylation sites (tertiary alicyclic amines) is 1. The molecule has 0 aromatic carbocycles. The zero-order valence-electron chi connectivity index (χ0n) is 14.0. The van der Waals surface area contributed by atoms with Crippen LogP contribution >= 0.6 is 0 Å². The largest absolute Gasteiger partial charge is 0.339 e. The first-order valence-electron chi connectivity index (χ1n) is 9.06. The van der Waals surface area contributed by atoms with Gasteiger partial charge >= 0.3 is 0 Å². The Morgan fingerprint density at radius 1 is 1.28 bits per heavy atom. The van der Waals surface area contributed by atoms with Crippen LogP contribution in [0, 0.1) is 0 Å². The molecule has 0 unspecified atom stereocenters. The maximum Gasteiger partial charge on any atom is 0.229 e. The molecule has 1 saturated heterocycles. The number of nitrogens with zero attached hydrogens (tertiary/aromatic N) is 4. The van der Waals surface area contributed by atoms with Gasteiger partial charge in [0.1, 0.15) is 0 Å². The van der Waals surface area contributed by atoms with Gasteiger partial charge in [0.05, 0.1) is 12.6 Å². The smallest absolute Gasteiger partial charge is 0.229 e. The molecule has 130 valence electrons. The molecule has 2 atom stereocenters. The average Bonchev–Trinajstić information content (AvgIpc) is 3.57. The fraction of sp³-hybridized carbons (Fsp3) is 0.556. The number of nitrogens with one attached hydrogen (secondary N) is 1. The number of hydrogen-bond donors (Lipinski definition) is 1. The molecule has 25 heavy (non-hydrogen) atoms. The van der Waals surface area contributed by atoms with Crippen molar-refractivity contribution < 1.29 is 9.32 Å². The molecular formula is C18H21N5O2. The van der Waals surface area contributed by atoms with Crippen LogP contribution in [-0.4, -0.2) is 38.0 Å². The zero-order chi connectivity index (χ0) is 16.8. The minimum absolute atomic E-state index is 0.0310. The fourth-order valence-corrected chi connectivity index (χ4v) is 3.72. The standard InChI is InChI=1S/C18H21N5O2/c24-16-8-14(20-10-15-21-18(25-22-15)11-3-4-11)17(23(16)13-5-6-13)12-2-1-7-19-9-12/h1-2,7,9,11,13-14,17,20H,3-6,8,10H2/t14-,17+/m1/s1. The molecule has 3 heterocycles. The maximum atomic E-state index is 12.6. The van der Waals surface area contributed by atoms with Crippen molar-refractivity contribution in [2.75, 3.05) is 0 Å². The molecule has 3 fully saturated rings. The Bertz CT molecular complexity index is 769. The minimum atomic E-state index is 0.0310. The molecule has 1 N–H and O–H groups in total. The summed E-state index contributed by atoms with van der Waals surface area (Å²) < 4.78 is 5.32. The van der Waals surface area contributed by atoms with E-state index in [1.807, 2.05) is 12.3 Å². The van der Waals surface area contributed by atoms with Gasteiger partial charge in [-0.3, -0.25) is 9.78 Å². The van der Waals surface area contributed by atoms with E-state index in [-0.39, 0.29) is 18.0 Å². The van der Waals surface area contributed by atoms with Crippen molar-refractivity contribution in [3.63, 3.8) is 0 Å². The van der Waals surface area contributed by atoms with Crippen molar-refractivity contribution in [1.82, 2.24) is 25.3 Å². The van der Waals surface area contributed by atoms with E-state index in [9.17, 15) is 4.79 Å². The SMILES string of the molecule is O=C1C[C@@H](NCc2noc(C3CC3)n2)[C@H](c2cccnc2)N1C1CC1. The Morgan fingerprint density at radius 3 is 2.88 bits per heavy atom. The Kier molecular flexibility index (Phi) is 3.55. The van der Waals surface area contributed by atoms with Crippen molar-refractivity contribution in [1.29, 1.82) is 0 Å². The first-order valence-corrected chi connectivity index (χ1v) is 9.06. The third kappa shape index (κ3) is 2.93. The van der Waals surface area contributed by atoms with Gasteiger partial charge in [0.25, 0.3) is 0 Å². The number of pyridine rings is 1. The third-order valence-corrected chi connectivity index (χ3v) is 5.26. The summed E-state index contributed by atoms with van der Waals surface area (Å²) in [6.07, 6.45) is 8.63. The highest BCUT2D eigenvalue weighted by Gasteiger charge is 2.47. The van der Waals surface area contributed by atoms with Crippen LogP contribution < -0.4 is 5.32 Å². The lowest BCUT2D eigenvalue weighted by Crippen LogP contribution is -2.37. The van der Waals surface area contributed by atoms with Crippen molar-refractivity contribution >= 4 is 5.91 Å². The number of carbonyl (C=O) groups is 1. The van der Waals surface area contributed by atoms with Gasteiger partial charge in [-0.05, 0) is 37.3 Å². The summed E-state index contributed by atoms with van der Waals surface area (Å²) in [7, 11) is 0. The van der Waals surface area contributed by atoms with E-state index in [2.05, 4.69) is 31.4 Å². The molecule has 1 aliphatic heterocycles. The summed E-state index contributed by atoms with van der Waals surface area (Å²) in [4.78, 5) is 23.3. The predicted molar refractivity (Wildman–Crippen MR) is 88.4 cm³/mol. The van der Waals surface area contributed by atoms with Crippen LogP contribution in [-0.2, 0) is 11.3 Å². The van der Waals surface area contributed by atoms with Crippen LogP contribution in [0.3, 0.4) is 0 Å². The van der Waals surface area contributed by atoms with E-state index in [1.165, 1.54) is 0 Å². The van der Waals surface area contributed by atoms with Crippen LogP contribution in [0.15, 0.2) is 29.0 Å². The summed E-state index contributed by atoms with van der Waals surface area (Å²) in [5.41, 5.74) is 1.09. The molecule has 0 radical (unpaired) electrons. The molecule has 7 heteroatoms. The van der Waals surface area contributed by atoms with E-state index in [1.54, 1.807) is 6.20 Å². The van der Waals surface area contributed by atoms with Gasteiger partial charge in [-0.25, -0.2) is 0 Å². The normalized spacial score (nSPS) is 26.4. The number of hydrogen-bond acceptors (Lipinski definition) is 6. The third-order valence-electron chi connectivity index (χ3n) is 5.26. The monoisotopic (exact) mass is 339 g/mol. The molecule has 5 rings (SSSR count). The van der Waals surface area contributed by atoms with Gasteiger partial charge < -0.3 is 14.7 Å². The molecule has 2 aliphatic carbocycles. The second-order valence-corrected chi connectivity index (χ2v) is 7.28. The van der Waals surface area contributed by atoms with E-state index < -0.39 is 0 Å². The molecule has 2 saturated carbocycles. The number of aromatic nitrogens is 3. The lowest BCUT2D eigenvalue weighted by atomic mass is 10.0. The van der Waals surface area contributed by atoms with Crippen molar-refractivity contribution in [3.05, 3.63) is 41.8 Å². The minimum Gasteiger partial charge on any atom is -0.339 e. The van der Waals surface area contributed by atoms with Gasteiger partial charge in [-0.1, -0.05) is 11.2 Å². The highest BCUT2D eigenvalue weighted by molar-refractivity contribution is 5.81. The fourth-order valence-electron chi connectivity index (χ4n) is 3.72. The van der Waals surface area contributed by atoms with Gasteiger partial charge in [0.15, 0.2) is 5.82 Å². The molecule has 3 aliphatic rings. The van der Waals surface area contributed by atoms with Gasteiger partial charge in [-0.2, -0.15) is 4.98 Å². The maximum absolute atomic E-state index is 12.6. The average molecular weight is 339 g/mol. The van der Waals surface area contributed by atoms with Gasteiger partial charge in [-0.15, -0.1) is 0 Å². The molecule has 1 amide bonds. The summed E-state index contributed by atoms with van der Waals surface area (Å²) >= 11 is 0. The second-order valence-electron chi connectivity index (χ2n) is 7.28. The lowest BCUT2D eigenvalue weighted by Gasteiger charge is -2.28. The quantitative estimate of drug-likeness (QED) is 0.866. The number of rotatable bonds is 6. The van der Waals surface area contributed by atoms with E-state index in [0.717, 1.165) is 37.1 Å². The first-order chi connectivity index (χ1) is 12.3. The van der Waals surface area contributed by atoms with Crippen LogP contribution in [0.5, 0.6) is 0 Å². The van der Waals surface area contributed by atoms with Gasteiger partial charge in [0.2, 0.25) is 11.8 Å². The molecule has 0 bridgehead atoms. The van der Waals surface area contributed by atoms with Crippen LogP contribution in [0.2, 0.25) is 0 Å². The summed E-state index contributed by atoms with van der Waals surface area (Å²) in [5.74, 6) is 2.11. The molecule has 2 aromatic rings. The Hall–Kier alpha value is -2.28. The number of amides is 1. The molecule has 0 spiro atoms. The topological polar surface area (TPSA) is 84.2 Å². The Balaban J connectivity index is 1.34. The summed E-state index contributed by atoms with van der Waals surface area (Å²) in [6.45, 7) is 0.517. The van der Waals surface area contributed by atoms with Crippen molar-refractivity contribution in [2.45, 2.75) is 62.7 Å². The lowest BCUT2D eigenvalue weighted by molar-refractivity contribution is -0.129. The zero-order valence-corrected chi connectivity index (χ0v) is 14.0. The second kappa shape index (κ2) is 5.91. The predicted octanol–water partition coefficient (Wildman–Crippen LogP) is 1.94. The van der Waals surface area contributed by atoms with Crippen LogP contribution in [0.1, 0.15) is 61.3 Å². The molecular weight excluding hydrogens is 318 g/mol. The summed E-state index contributed by atoms with van der Waals surface area (Å²) in [5, 5.41) is 7.55. The highest BCUT2D eigenvalue weighted by atomic mass is 16.5. The van der Waals surface area contributed by atoms with E-state index in [4.69, 9.17) is 4.52 Å². The number of carbonyl (C=O) groups excluding carboxylic acids is 1. The van der Waals surface area contributed by atoms with Crippen LogP contribution in [0.4, 0.5) is 0 Å². The highest BCUT2D eigenvalue weighted by Crippen LogP contribution is 2.42. The van der Waals surface area contributed by atoms with E-state index in [0.29, 0.717) is 30.7 Å². The Morgan fingerprint density at radius 2 is 2.16 bits per heavy atom. The Labute approximate surface area is 145 Å². The summed E-state index contributed by atoms with van der Waals surface area (Å²) in [6, 6.07) is 4.45. The first kappa shape index (κ1) is 15.0. The van der Waals surface area contributed by atoms with Gasteiger partial charge in [0, 0.05) is 36.8 Å². The molecule has 7 nitrogen and oxygen atoms in total. The van der Waals surface area contributed by atoms with E-state index >= 15 is 0 Å². The molecule has 2 aromatic heterocycles.